The van der Waals surface area contributed by atoms with Crippen LogP contribution in [0.1, 0.15) is 40.1 Å². The molecule has 164 valence electrons. The summed E-state index contributed by atoms with van der Waals surface area (Å²) in [5, 5.41) is 8.97. The summed E-state index contributed by atoms with van der Waals surface area (Å²) >= 11 is 1.66. The molecule has 0 atom stereocenters. The van der Waals surface area contributed by atoms with Crippen LogP contribution >= 0.6 is 11.3 Å². The van der Waals surface area contributed by atoms with Gasteiger partial charge in [0.2, 0.25) is 10.0 Å². The van der Waals surface area contributed by atoms with Crippen molar-refractivity contribution in [1.29, 1.82) is 0 Å². The Morgan fingerprint density at radius 1 is 1.06 bits per heavy atom. The van der Waals surface area contributed by atoms with E-state index in [0.29, 0.717) is 13.0 Å². The minimum absolute atomic E-state index is 0.119. The fraction of sp³-hybridized carbons (Fsp3) is 0.304. The maximum Gasteiger partial charge on any atom is 0.303 e. The molecule has 1 aromatic carbocycles. The van der Waals surface area contributed by atoms with Gasteiger partial charge in [0.05, 0.1) is 11.3 Å². The summed E-state index contributed by atoms with van der Waals surface area (Å²) in [7, 11) is -3.48. The molecule has 0 amide bonds. The lowest BCUT2D eigenvalue weighted by atomic mass is 10.0. The number of aryl methyl sites for hydroxylation is 2. The number of sulfonamides is 1. The number of benzene rings is 1. The normalized spacial score (nSPS) is 11.5. The van der Waals surface area contributed by atoms with E-state index in [9.17, 15) is 13.2 Å². The zero-order valence-corrected chi connectivity index (χ0v) is 18.8. The number of unbranched alkanes of at least 4 members (excludes halogenated alkanes) is 1. The van der Waals surface area contributed by atoms with Crippen LogP contribution in [0.3, 0.4) is 0 Å². The molecule has 2 N–H and O–H groups in total. The molecule has 0 saturated heterocycles. The van der Waals surface area contributed by atoms with Gasteiger partial charge in [0.25, 0.3) is 0 Å². The molecule has 2 aromatic heterocycles. The molecule has 0 radical (unpaired) electrons. The zero-order chi connectivity index (χ0) is 22.1. The van der Waals surface area contributed by atoms with E-state index in [0.717, 1.165) is 36.1 Å². The Morgan fingerprint density at radius 2 is 1.87 bits per heavy atom. The molecule has 31 heavy (non-hydrogen) atoms. The van der Waals surface area contributed by atoms with Gasteiger partial charge in [0, 0.05) is 35.1 Å². The summed E-state index contributed by atoms with van der Waals surface area (Å²) < 4.78 is 27.2. The van der Waals surface area contributed by atoms with E-state index < -0.39 is 16.0 Å². The Labute approximate surface area is 187 Å². The average molecular weight is 459 g/mol. The van der Waals surface area contributed by atoms with Gasteiger partial charge in [-0.3, -0.25) is 9.78 Å². The molecule has 6 nitrogen and oxygen atoms in total. The van der Waals surface area contributed by atoms with E-state index in [1.807, 2.05) is 18.3 Å². The molecule has 0 unspecified atom stereocenters. The lowest BCUT2D eigenvalue weighted by molar-refractivity contribution is -0.136. The Hall–Kier alpha value is -2.55. The minimum Gasteiger partial charge on any atom is -0.481 e. The van der Waals surface area contributed by atoms with Crippen LogP contribution in [-0.4, -0.2) is 31.0 Å². The maximum absolute atomic E-state index is 12.3. The Morgan fingerprint density at radius 3 is 2.58 bits per heavy atom. The topological polar surface area (TPSA) is 96.4 Å². The van der Waals surface area contributed by atoms with Gasteiger partial charge in [-0.05, 0) is 61.1 Å². The van der Waals surface area contributed by atoms with E-state index in [4.69, 9.17) is 5.11 Å². The summed E-state index contributed by atoms with van der Waals surface area (Å²) in [5.41, 5.74) is 2.33. The van der Waals surface area contributed by atoms with E-state index in [1.54, 1.807) is 47.9 Å². The summed E-state index contributed by atoms with van der Waals surface area (Å²) in [4.78, 5) is 17.7. The zero-order valence-electron chi connectivity index (χ0n) is 17.2. The third-order valence-electron chi connectivity index (χ3n) is 4.84. The van der Waals surface area contributed by atoms with Gasteiger partial charge < -0.3 is 5.11 Å². The monoisotopic (exact) mass is 458 g/mol. The van der Waals surface area contributed by atoms with Crippen LogP contribution in [0.5, 0.6) is 0 Å². The summed E-state index contributed by atoms with van der Waals surface area (Å²) in [6.45, 7) is 0.380. The lowest BCUT2D eigenvalue weighted by Crippen LogP contribution is -2.24. The molecule has 0 aliphatic rings. The number of carboxylic acids is 1. The molecule has 0 spiro atoms. The molecule has 0 saturated carbocycles. The number of carboxylic acid groups (broad SMARTS) is 1. The van der Waals surface area contributed by atoms with Crippen LogP contribution in [0.4, 0.5) is 0 Å². The largest absolute Gasteiger partial charge is 0.481 e. The summed E-state index contributed by atoms with van der Waals surface area (Å²) in [6.07, 6.45) is 7.38. The first-order chi connectivity index (χ1) is 14.9. The average Bonchev–Trinajstić information content (AvgIpc) is 3.15. The first-order valence-corrected chi connectivity index (χ1v) is 12.5. The van der Waals surface area contributed by atoms with Gasteiger partial charge in [-0.15, -0.1) is 11.3 Å². The highest BCUT2D eigenvalue weighted by atomic mass is 32.2. The Bertz CT molecular complexity index is 1080. The van der Waals surface area contributed by atoms with Crippen LogP contribution < -0.4 is 4.72 Å². The number of nitrogens with zero attached hydrogens (tertiary/aromatic N) is 1. The smallest absolute Gasteiger partial charge is 0.303 e. The number of rotatable bonds is 12. The molecular formula is C23H26N2O4S2. The summed E-state index contributed by atoms with van der Waals surface area (Å²) in [5.74, 6) is -0.797. The van der Waals surface area contributed by atoms with Crippen molar-refractivity contribution in [2.45, 2.75) is 43.4 Å². The second-order valence-electron chi connectivity index (χ2n) is 7.26. The number of aromatic nitrogens is 1. The first-order valence-electron chi connectivity index (χ1n) is 10.2. The number of thiophene rings is 1. The highest BCUT2D eigenvalue weighted by Gasteiger charge is 2.13. The van der Waals surface area contributed by atoms with Crippen molar-refractivity contribution in [3.63, 3.8) is 0 Å². The van der Waals surface area contributed by atoms with Crippen LogP contribution in [0.25, 0.3) is 0 Å². The van der Waals surface area contributed by atoms with Crippen LogP contribution in [-0.2, 0) is 34.1 Å². The Kier molecular flexibility index (Phi) is 8.34. The van der Waals surface area contributed by atoms with Gasteiger partial charge in [0.1, 0.15) is 0 Å². The van der Waals surface area contributed by atoms with E-state index in [2.05, 4.69) is 15.8 Å². The molecule has 0 bridgehead atoms. The second kappa shape index (κ2) is 11.2. The number of aliphatic carboxylic acids is 1. The minimum atomic E-state index is -3.48. The van der Waals surface area contributed by atoms with Crippen molar-refractivity contribution in [3.8, 4) is 0 Å². The van der Waals surface area contributed by atoms with Crippen molar-refractivity contribution < 1.29 is 18.3 Å². The Balaban J connectivity index is 1.57. The van der Waals surface area contributed by atoms with Crippen LogP contribution in [0.15, 0.2) is 65.8 Å². The van der Waals surface area contributed by atoms with Crippen molar-refractivity contribution in [3.05, 3.63) is 81.8 Å². The van der Waals surface area contributed by atoms with Crippen molar-refractivity contribution in [2.24, 2.45) is 0 Å². The number of carbonyl (C=O) groups is 1. The predicted molar refractivity (Wildman–Crippen MR) is 122 cm³/mol. The van der Waals surface area contributed by atoms with Gasteiger partial charge in [-0.1, -0.05) is 24.3 Å². The third kappa shape index (κ3) is 7.27. The molecule has 0 fully saturated rings. The highest BCUT2D eigenvalue weighted by Crippen LogP contribution is 2.27. The number of hydrogen-bond acceptors (Lipinski definition) is 5. The second-order valence-corrected chi connectivity index (χ2v) is 10.2. The van der Waals surface area contributed by atoms with Gasteiger partial charge in [0.15, 0.2) is 0 Å². The number of pyridine rings is 1. The fourth-order valence-electron chi connectivity index (χ4n) is 3.26. The SMILES string of the molecule is O=C(O)CCc1cc(CCCCNS(=O)(=O)c2ccccc2)c(Cc2cccnc2)s1. The molecule has 0 aliphatic heterocycles. The fourth-order valence-corrected chi connectivity index (χ4v) is 5.61. The quantitative estimate of drug-likeness (QED) is 0.399. The standard InChI is InChI=1S/C23H26N2O4S2/c26-23(27)12-11-20-16-19(22(30-20)15-18-7-6-13-24-17-18)8-4-5-14-25-31(28,29)21-9-2-1-3-10-21/h1-3,6-7,9-10,13,16-17,25H,4-5,8,11-12,14-15H2,(H,26,27). The molecule has 0 aliphatic carbocycles. The third-order valence-corrected chi connectivity index (χ3v) is 7.55. The van der Waals surface area contributed by atoms with Crippen molar-refractivity contribution in [1.82, 2.24) is 9.71 Å². The van der Waals surface area contributed by atoms with Crippen molar-refractivity contribution >= 4 is 27.3 Å². The first kappa shape index (κ1) is 23.1. The predicted octanol–water partition coefficient (Wildman–Crippen LogP) is 4.05. The van der Waals surface area contributed by atoms with Gasteiger partial charge >= 0.3 is 5.97 Å². The molecule has 2 heterocycles. The van der Waals surface area contributed by atoms with Crippen LogP contribution in [0.2, 0.25) is 0 Å². The van der Waals surface area contributed by atoms with Crippen molar-refractivity contribution in [2.75, 3.05) is 6.54 Å². The summed E-state index contributed by atoms with van der Waals surface area (Å²) in [6, 6.07) is 14.4. The van der Waals surface area contributed by atoms with Gasteiger partial charge in [-0.2, -0.15) is 0 Å². The van der Waals surface area contributed by atoms with Gasteiger partial charge in [-0.25, -0.2) is 13.1 Å². The molecule has 3 aromatic rings. The molecule has 8 heteroatoms. The van der Waals surface area contributed by atoms with E-state index in [1.165, 1.54) is 10.4 Å². The number of hydrogen-bond donors (Lipinski definition) is 2. The highest BCUT2D eigenvalue weighted by molar-refractivity contribution is 7.89. The maximum atomic E-state index is 12.3. The lowest BCUT2D eigenvalue weighted by Gasteiger charge is -2.07. The number of nitrogens with one attached hydrogen (secondary N) is 1. The van der Waals surface area contributed by atoms with E-state index in [-0.39, 0.29) is 11.3 Å². The molecular weight excluding hydrogens is 432 g/mol. The van der Waals surface area contributed by atoms with E-state index >= 15 is 0 Å². The van der Waals surface area contributed by atoms with Crippen LogP contribution in [0, 0.1) is 0 Å². The molecule has 3 rings (SSSR count).